The lowest BCUT2D eigenvalue weighted by Crippen LogP contribution is -2.71. The zero-order valence-electron chi connectivity index (χ0n) is 38.1. The van der Waals surface area contributed by atoms with Gasteiger partial charge in [-0.2, -0.15) is 0 Å². The number of benzene rings is 5. The number of thiazole rings is 1. The van der Waals surface area contributed by atoms with Gasteiger partial charge >= 0.3 is 11.9 Å². The van der Waals surface area contributed by atoms with Crippen LogP contribution in [-0.2, 0) is 39.0 Å². The van der Waals surface area contributed by atoms with E-state index in [4.69, 9.17) is 19.3 Å². The smallest absolute Gasteiger partial charge is 0.356 e. The third-order valence-electron chi connectivity index (χ3n) is 11.3. The Bertz CT molecular complexity index is 2680. The number of oxime groups is 1. The molecule has 6 aromatic rings. The predicted molar refractivity (Wildman–Crippen MR) is 274 cm³/mol. The lowest BCUT2D eigenvalue weighted by molar-refractivity contribution is -0.179. The molecule has 2 amide bonds. The summed E-state index contributed by atoms with van der Waals surface area (Å²) in [5, 5.41) is 12.4. The summed E-state index contributed by atoms with van der Waals surface area (Å²) in [6.45, 7) is 8.20. The maximum atomic E-state index is 14.7. The number of halogens is 1. The molecule has 2 aliphatic heterocycles. The molecule has 348 valence electrons. The van der Waals surface area contributed by atoms with E-state index in [2.05, 4.69) is 38.4 Å². The van der Waals surface area contributed by atoms with Crippen LogP contribution in [0.1, 0.15) is 74.2 Å². The van der Waals surface area contributed by atoms with Crippen molar-refractivity contribution >= 4 is 80.3 Å². The van der Waals surface area contributed by atoms with Gasteiger partial charge in [0.25, 0.3) is 11.8 Å². The largest absolute Gasteiger partial charge is 0.457 e. The molecule has 0 aliphatic carbocycles. The number of aromatic nitrogens is 1. The fourth-order valence-electron chi connectivity index (χ4n) is 7.92. The minimum absolute atomic E-state index is 0.127. The number of β-lactam (4-membered cyclic amide) rings is 1. The van der Waals surface area contributed by atoms with Crippen LogP contribution in [0.25, 0.3) is 0 Å². The Morgan fingerprint density at radius 1 is 0.779 bits per heavy atom. The number of nitrogens with one attached hydrogen (secondary N) is 2. The standard InChI is InChI=1S/C53H50IN5O7S2/c1-51(2,3)65-49(63)52(4,5)66-58-41(40-33-68-50(55-40)57-53(37-25-15-8-16-26-37,38-27-17-9-18-28-38)39-29-19-10-20-30-39)45(60)56-42-46(61)59-43(36(31-54)32-67-47(42)59)48(62)64-44(34-21-11-6-12-22-34)35-23-13-7-14-24-35/h6-30,33,42,44,47H,31-32H2,1-5H3,(H,55,57)(H,56,60)/b58-41-/t42?,47-/m1/s1. The molecule has 2 aliphatic rings. The minimum atomic E-state index is -1.63. The van der Waals surface area contributed by atoms with Crippen LogP contribution in [0.2, 0.25) is 0 Å². The number of ether oxygens (including phenoxy) is 2. The third-order valence-corrected chi connectivity index (χ3v) is 14.3. The van der Waals surface area contributed by atoms with Crippen molar-refractivity contribution in [2.75, 3.05) is 15.5 Å². The number of esters is 2. The summed E-state index contributed by atoms with van der Waals surface area (Å²) in [5.74, 6) is -2.18. The molecule has 3 heterocycles. The maximum absolute atomic E-state index is 14.7. The molecule has 68 heavy (non-hydrogen) atoms. The highest BCUT2D eigenvalue weighted by molar-refractivity contribution is 14.1. The van der Waals surface area contributed by atoms with Crippen LogP contribution in [0.5, 0.6) is 0 Å². The summed E-state index contributed by atoms with van der Waals surface area (Å²) in [4.78, 5) is 68.8. The number of carbonyl (C=O) groups is 4. The topological polar surface area (TPSA) is 149 Å². The van der Waals surface area contributed by atoms with Gasteiger partial charge in [0.2, 0.25) is 5.60 Å². The number of fused-ring (bicyclic) bond motifs is 1. The zero-order valence-corrected chi connectivity index (χ0v) is 41.8. The van der Waals surface area contributed by atoms with E-state index in [1.165, 1.54) is 41.8 Å². The zero-order chi connectivity index (χ0) is 48.1. The lowest BCUT2D eigenvalue weighted by atomic mass is 9.77. The number of thioether (sulfide) groups is 1. The van der Waals surface area contributed by atoms with E-state index in [0.29, 0.717) is 15.3 Å². The average molecular weight is 1060 g/mol. The molecule has 1 fully saturated rings. The maximum Gasteiger partial charge on any atom is 0.356 e. The van der Waals surface area contributed by atoms with Crippen LogP contribution < -0.4 is 10.6 Å². The molecular formula is C53H50IN5O7S2. The number of nitrogens with zero attached hydrogens (tertiary/aromatic N) is 3. The second-order valence-electron chi connectivity index (χ2n) is 17.6. The Kier molecular flexibility index (Phi) is 14.5. The summed E-state index contributed by atoms with van der Waals surface area (Å²) in [6.07, 6.45) is -0.729. The predicted octanol–water partition coefficient (Wildman–Crippen LogP) is 9.81. The molecule has 5 aromatic carbocycles. The Labute approximate surface area is 417 Å². The average Bonchev–Trinajstić information content (AvgIpc) is 3.82. The summed E-state index contributed by atoms with van der Waals surface area (Å²) in [5.41, 5.74) is 1.77. The number of rotatable bonds is 16. The van der Waals surface area contributed by atoms with E-state index in [1.807, 2.05) is 152 Å². The minimum Gasteiger partial charge on any atom is -0.457 e. The van der Waals surface area contributed by atoms with Crippen molar-refractivity contribution in [1.82, 2.24) is 15.2 Å². The van der Waals surface area contributed by atoms with Gasteiger partial charge in [0.05, 0.1) is 0 Å². The Morgan fingerprint density at radius 2 is 1.28 bits per heavy atom. The molecule has 8 rings (SSSR count). The van der Waals surface area contributed by atoms with E-state index in [9.17, 15) is 19.2 Å². The van der Waals surface area contributed by atoms with Crippen LogP contribution in [0, 0.1) is 0 Å². The highest BCUT2D eigenvalue weighted by atomic mass is 127. The SMILES string of the molecule is CC(C)(C)OC(=O)C(C)(C)O/N=C(\C(=O)NC1C(=O)N2C(C(=O)OC(c3ccccc3)c3ccccc3)=C(CI)CS[C@H]12)c1csc(NC(c2ccccc2)(c2ccccc2)c2ccccc2)n1. The molecule has 0 saturated carbocycles. The van der Waals surface area contributed by atoms with Gasteiger partial charge in [0.15, 0.2) is 16.9 Å². The molecule has 0 spiro atoms. The monoisotopic (exact) mass is 1060 g/mol. The number of hydrogen-bond donors (Lipinski definition) is 2. The van der Waals surface area contributed by atoms with Crippen LogP contribution in [-0.4, -0.2) is 72.1 Å². The van der Waals surface area contributed by atoms with Gasteiger partial charge in [-0.05, 0) is 68.0 Å². The second-order valence-corrected chi connectivity index (χ2v) is 20.3. The molecule has 1 aromatic heterocycles. The molecule has 0 bridgehead atoms. The van der Waals surface area contributed by atoms with Crippen molar-refractivity contribution in [3.05, 3.63) is 202 Å². The number of alkyl halides is 1. The number of amides is 2. The van der Waals surface area contributed by atoms with Gasteiger partial charge < -0.3 is 24.9 Å². The van der Waals surface area contributed by atoms with Gasteiger partial charge in [0.1, 0.15) is 33.9 Å². The summed E-state index contributed by atoms with van der Waals surface area (Å²) in [6, 6.07) is 47.9. The van der Waals surface area contributed by atoms with Gasteiger partial charge in [0, 0.05) is 15.6 Å². The van der Waals surface area contributed by atoms with Crippen LogP contribution >= 0.6 is 45.7 Å². The fourth-order valence-corrected chi connectivity index (χ4v) is 11.0. The first-order valence-corrected chi connectivity index (χ1v) is 25.4. The van der Waals surface area contributed by atoms with E-state index in [0.717, 1.165) is 33.4 Å². The first-order chi connectivity index (χ1) is 32.7. The van der Waals surface area contributed by atoms with Crippen LogP contribution in [0.15, 0.2) is 173 Å². The van der Waals surface area contributed by atoms with Crippen LogP contribution in [0.4, 0.5) is 5.13 Å². The quantitative estimate of drug-likeness (QED) is 0.0183. The van der Waals surface area contributed by atoms with Gasteiger partial charge in [-0.25, -0.2) is 14.6 Å². The fraction of sp³-hybridized carbons (Fsp3) is 0.245. The molecule has 2 N–H and O–H groups in total. The van der Waals surface area contributed by atoms with Crippen molar-refractivity contribution in [1.29, 1.82) is 0 Å². The molecule has 2 atom stereocenters. The van der Waals surface area contributed by atoms with Crippen LogP contribution in [0.3, 0.4) is 0 Å². The second kappa shape index (κ2) is 20.5. The van der Waals surface area contributed by atoms with Crippen molar-refractivity contribution < 1.29 is 33.5 Å². The van der Waals surface area contributed by atoms with Crippen molar-refractivity contribution in [2.45, 2.75) is 68.9 Å². The first kappa shape index (κ1) is 48.2. The summed E-state index contributed by atoms with van der Waals surface area (Å²) >= 11 is 4.87. The van der Waals surface area contributed by atoms with E-state index in [-0.39, 0.29) is 17.1 Å². The molecule has 1 unspecified atom stereocenters. The highest BCUT2D eigenvalue weighted by Gasteiger charge is 2.55. The Balaban J connectivity index is 1.10. The van der Waals surface area contributed by atoms with E-state index in [1.54, 1.807) is 26.2 Å². The highest BCUT2D eigenvalue weighted by Crippen LogP contribution is 2.43. The summed E-state index contributed by atoms with van der Waals surface area (Å²) < 4.78 is 12.4. The first-order valence-electron chi connectivity index (χ1n) is 21.9. The van der Waals surface area contributed by atoms with Crippen molar-refractivity contribution in [2.24, 2.45) is 5.16 Å². The summed E-state index contributed by atoms with van der Waals surface area (Å²) in [7, 11) is 0. The number of carbonyl (C=O) groups excluding carboxylic acids is 4. The van der Waals surface area contributed by atoms with E-state index >= 15 is 0 Å². The Hall–Kier alpha value is -6.30. The lowest BCUT2D eigenvalue weighted by Gasteiger charge is -2.49. The molecule has 0 radical (unpaired) electrons. The number of hydrogen-bond acceptors (Lipinski definition) is 12. The molecule has 15 heteroatoms. The Morgan fingerprint density at radius 3 is 1.76 bits per heavy atom. The molecule has 12 nitrogen and oxygen atoms in total. The molecule has 1 saturated heterocycles. The van der Waals surface area contributed by atoms with Gasteiger partial charge in [-0.15, -0.1) is 23.1 Å². The van der Waals surface area contributed by atoms with Crippen molar-refractivity contribution in [3.8, 4) is 0 Å². The normalized spacial score (nSPS) is 16.4. The molecular weight excluding hydrogens is 1010 g/mol. The van der Waals surface area contributed by atoms with Gasteiger partial charge in [-0.1, -0.05) is 179 Å². The van der Waals surface area contributed by atoms with Gasteiger partial charge in [-0.3, -0.25) is 14.5 Å². The third kappa shape index (κ3) is 10.2. The van der Waals surface area contributed by atoms with E-state index < -0.39 is 58.0 Å². The van der Waals surface area contributed by atoms with Crippen molar-refractivity contribution in [3.63, 3.8) is 0 Å². The number of anilines is 1.